The number of rotatable bonds is 6. The number of halogens is 2. The summed E-state index contributed by atoms with van der Waals surface area (Å²) < 4.78 is 5.28. The van der Waals surface area contributed by atoms with Gasteiger partial charge in [0.25, 0.3) is 0 Å². The number of nitrogens with one attached hydrogen (secondary N) is 1. The van der Waals surface area contributed by atoms with Crippen LogP contribution < -0.4 is 15.8 Å². The number of hydrogen-bond donors (Lipinski definition) is 2. The van der Waals surface area contributed by atoms with E-state index in [-0.39, 0.29) is 30.3 Å². The maximum absolute atomic E-state index is 12.3. The molecule has 0 bridgehead atoms. The van der Waals surface area contributed by atoms with Gasteiger partial charge in [-0.1, -0.05) is 48.9 Å². The molecule has 24 heavy (non-hydrogen) atoms. The zero-order chi connectivity index (χ0) is 16.8. The summed E-state index contributed by atoms with van der Waals surface area (Å²) in [5, 5.41) is 3.63. The summed E-state index contributed by atoms with van der Waals surface area (Å²) in [6.45, 7) is 2.09. The number of nitrogens with two attached hydrogens (primary N) is 1. The second-order valence-electron chi connectivity index (χ2n) is 5.38. The first-order valence-electron chi connectivity index (χ1n) is 7.45. The van der Waals surface area contributed by atoms with Crippen molar-refractivity contribution in [1.29, 1.82) is 0 Å². The summed E-state index contributed by atoms with van der Waals surface area (Å²) in [5.41, 5.74) is 7.33. The van der Waals surface area contributed by atoms with Crippen LogP contribution in [0.5, 0.6) is 5.75 Å². The summed E-state index contributed by atoms with van der Waals surface area (Å²) in [4.78, 5) is 12.3. The van der Waals surface area contributed by atoms with Crippen molar-refractivity contribution in [2.45, 2.75) is 13.0 Å². The first kappa shape index (κ1) is 20.3. The Bertz CT molecular complexity index is 680. The van der Waals surface area contributed by atoms with Crippen LogP contribution in [0.25, 0.3) is 0 Å². The van der Waals surface area contributed by atoms with Crippen molar-refractivity contribution >= 4 is 29.9 Å². The molecule has 3 N–H and O–H groups in total. The van der Waals surface area contributed by atoms with E-state index in [0.717, 1.165) is 16.9 Å². The molecule has 4 nitrogen and oxygen atoms in total. The third-order valence-corrected chi connectivity index (χ3v) is 4.08. The average molecular weight is 369 g/mol. The SMILES string of the molecule is COc1cccc(C(NC(=O)C(C)CN)c2ccccc2Cl)c1.Cl. The van der Waals surface area contributed by atoms with Crippen molar-refractivity contribution in [3.63, 3.8) is 0 Å². The first-order valence-corrected chi connectivity index (χ1v) is 7.83. The lowest BCUT2D eigenvalue weighted by Crippen LogP contribution is -2.36. The van der Waals surface area contributed by atoms with Crippen LogP contribution in [0.4, 0.5) is 0 Å². The van der Waals surface area contributed by atoms with E-state index in [1.54, 1.807) is 14.0 Å². The van der Waals surface area contributed by atoms with Crippen LogP contribution >= 0.6 is 24.0 Å². The zero-order valence-corrected chi connectivity index (χ0v) is 15.2. The standard InChI is InChI=1S/C18H21ClN2O2.ClH/c1-12(11-20)18(22)21-17(15-8-3-4-9-16(15)19)13-6-5-7-14(10-13)23-2;/h3-10,12,17H,11,20H2,1-2H3,(H,21,22);1H. The molecule has 0 saturated heterocycles. The lowest BCUT2D eigenvalue weighted by molar-refractivity contribution is -0.124. The summed E-state index contributed by atoms with van der Waals surface area (Å²) in [7, 11) is 1.61. The molecule has 0 heterocycles. The van der Waals surface area contributed by atoms with E-state index in [1.807, 2.05) is 48.5 Å². The molecule has 1 amide bonds. The molecule has 2 atom stereocenters. The fourth-order valence-electron chi connectivity index (χ4n) is 2.26. The summed E-state index contributed by atoms with van der Waals surface area (Å²) in [6.07, 6.45) is 0. The van der Waals surface area contributed by atoms with Crippen LogP contribution in [-0.4, -0.2) is 19.6 Å². The van der Waals surface area contributed by atoms with E-state index in [4.69, 9.17) is 22.1 Å². The highest BCUT2D eigenvalue weighted by Crippen LogP contribution is 2.30. The van der Waals surface area contributed by atoms with Crippen LogP contribution in [0.2, 0.25) is 5.02 Å². The van der Waals surface area contributed by atoms with Gasteiger partial charge in [-0.2, -0.15) is 0 Å². The molecular weight excluding hydrogens is 347 g/mol. The van der Waals surface area contributed by atoms with Crippen molar-refractivity contribution < 1.29 is 9.53 Å². The van der Waals surface area contributed by atoms with E-state index >= 15 is 0 Å². The Morgan fingerprint density at radius 3 is 2.58 bits per heavy atom. The van der Waals surface area contributed by atoms with Gasteiger partial charge in [0.15, 0.2) is 0 Å². The van der Waals surface area contributed by atoms with Gasteiger partial charge in [0.1, 0.15) is 5.75 Å². The van der Waals surface area contributed by atoms with Crippen LogP contribution in [0.15, 0.2) is 48.5 Å². The number of carbonyl (C=O) groups excluding carboxylic acids is 1. The molecule has 6 heteroatoms. The van der Waals surface area contributed by atoms with E-state index in [1.165, 1.54) is 0 Å². The van der Waals surface area contributed by atoms with Crippen LogP contribution in [0.1, 0.15) is 24.1 Å². The molecule has 2 aromatic rings. The average Bonchev–Trinajstić information content (AvgIpc) is 2.59. The van der Waals surface area contributed by atoms with E-state index < -0.39 is 0 Å². The Hall–Kier alpha value is -1.75. The summed E-state index contributed by atoms with van der Waals surface area (Å²) >= 11 is 6.33. The van der Waals surface area contributed by atoms with Crippen molar-refractivity contribution in [3.8, 4) is 5.75 Å². The highest BCUT2D eigenvalue weighted by molar-refractivity contribution is 6.31. The van der Waals surface area contributed by atoms with Crippen molar-refractivity contribution in [1.82, 2.24) is 5.32 Å². The smallest absolute Gasteiger partial charge is 0.224 e. The minimum absolute atomic E-state index is 0. The Morgan fingerprint density at radius 2 is 1.96 bits per heavy atom. The molecule has 0 aliphatic carbocycles. The van der Waals surface area contributed by atoms with Gasteiger partial charge >= 0.3 is 0 Å². The molecule has 2 rings (SSSR count). The fourth-order valence-corrected chi connectivity index (χ4v) is 2.51. The van der Waals surface area contributed by atoms with Crippen LogP contribution in [-0.2, 0) is 4.79 Å². The molecule has 130 valence electrons. The maximum Gasteiger partial charge on any atom is 0.224 e. The Morgan fingerprint density at radius 1 is 1.25 bits per heavy atom. The molecule has 0 spiro atoms. The van der Waals surface area contributed by atoms with Gasteiger partial charge in [0.05, 0.1) is 13.2 Å². The second kappa shape index (κ2) is 9.52. The van der Waals surface area contributed by atoms with Crippen LogP contribution in [0, 0.1) is 5.92 Å². The minimum atomic E-state index is -0.361. The third-order valence-electron chi connectivity index (χ3n) is 3.73. The number of amides is 1. The van der Waals surface area contributed by atoms with Gasteiger partial charge in [0, 0.05) is 17.5 Å². The molecule has 0 saturated carbocycles. The molecule has 0 fully saturated rings. The lowest BCUT2D eigenvalue weighted by atomic mass is 9.97. The van der Waals surface area contributed by atoms with Gasteiger partial charge < -0.3 is 15.8 Å². The Kier molecular flexibility index (Phi) is 8.05. The highest BCUT2D eigenvalue weighted by Gasteiger charge is 2.22. The predicted molar refractivity (Wildman–Crippen MR) is 99.9 cm³/mol. The van der Waals surface area contributed by atoms with Gasteiger partial charge in [-0.3, -0.25) is 4.79 Å². The lowest BCUT2D eigenvalue weighted by Gasteiger charge is -2.23. The molecule has 0 aliphatic rings. The van der Waals surface area contributed by atoms with E-state index in [0.29, 0.717) is 11.6 Å². The van der Waals surface area contributed by atoms with Gasteiger partial charge in [-0.05, 0) is 29.3 Å². The fraction of sp³-hybridized carbons (Fsp3) is 0.278. The largest absolute Gasteiger partial charge is 0.497 e. The molecule has 2 aromatic carbocycles. The van der Waals surface area contributed by atoms with E-state index in [9.17, 15) is 4.79 Å². The molecule has 0 aliphatic heterocycles. The third kappa shape index (κ3) is 4.87. The number of methoxy groups -OCH3 is 1. The van der Waals surface area contributed by atoms with E-state index in [2.05, 4.69) is 5.32 Å². The zero-order valence-electron chi connectivity index (χ0n) is 13.7. The summed E-state index contributed by atoms with van der Waals surface area (Å²) in [5.74, 6) is 0.339. The summed E-state index contributed by atoms with van der Waals surface area (Å²) in [6, 6.07) is 14.7. The number of ether oxygens (including phenoxy) is 1. The number of hydrogen-bond acceptors (Lipinski definition) is 3. The monoisotopic (exact) mass is 368 g/mol. The number of benzene rings is 2. The Balaban J connectivity index is 0.00000288. The van der Waals surface area contributed by atoms with Gasteiger partial charge in [0.2, 0.25) is 5.91 Å². The highest BCUT2D eigenvalue weighted by atomic mass is 35.5. The molecule has 2 unspecified atom stereocenters. The molecule has 0 aromatic heterocycles. The second-order valence-corrected chi connectivity index (χ2v) is 5.78. The van der Waals surface area contributed by atoms with Gasteiger partial charge in [-0.25, -0.2) is 0 Å². The quantitative estimate of drug-likeness (QED) is 0.818. The molecule has 0 radical (unpaired) electrons. The van der Waals surface area contributed by atoms with Crippen LogP contribution in [0.3, 0.4) is 0 Å². The van der Waals surface area contributed by atoms with Crippen molar-refractivity contribution in [2.75, 3.05) is 13.7 Å². The first-order chi connectivity index (χ1) is 11.1. The van der Waals surface area contributed by atoms with Crippen molar-refractivity contribution in [2.24, 2.45) is 11.7 Å². The minimum Gasteiger partial charge on any atom is -0.497 e. The van der Waals surface area contributed by atoms with Gasteiger partial charge in [-0.15, -0.1) is 12.4 Å². The van der Waals surface area contributed by atoms with Crippen molar-refractivity contribution in [3.05, 3.63) is 64.7 Å². The Labute approximate surface area is 153 Å². The predicted octanol–water partition coefficient (Wildman–Crippen LogP) is 3.57. The molecular formula is C18H22Cl2N2O2. The normalized spacial score (nSPS) is 12.7. The maximum atomic E-state index is 12.3. The number of carbonyl (C=O) groups is 1. The topological polar surface area (TPSA) is 64.3 Å².